The van der Waals surface area contributed by atoms with Crippen molar-refractivity contribution in [3.05, 3.63) is 58.1 Å². The van der Waals surface area contributed by atoms with Gasteiger partial charge in [0, 0.05) is 18.0 Å². The summed E-state index contributed by atoms with van der Waals surface area (Å²) in [5.74, 6) is -0.276. The van der Waals surface area contributed by atoms with E-state index in [0.29, 0.717) is 34.9 Å². The summed E-state index contributed by atoms with van der Waals surface area (Å²) in [4.78, 5) is 26.1. The van der Waals surface area contributed by atoms with Gasteiger partial charge in [0.25, 0.3) is 5.91 Å². The van der Waals surface area contributed by atoms with E-state index in [1.54, 1.807) is 23.1 Å². The second kappa shape index (κ2) is 6.60. The van der Waals surface area contributed by atoms with E-state index in [2.05, 4.69) is 5.32 Å². The molecular weight excluding hydrogens is 335 g/mol. The van der Waals surface area contributed by atoms with Crippen molar-refractivity contribution in [2.24, 2.45) is 0 Å². The number of rotatable bonds is 3. The molecule has 2 amide bonds. The molecule has 2 aromatic rings. The molecule has 1 heterocycles. The first kappa shape index (κ1) is 15.8. The molecule has 1 aliphatic rings. The third-order valence-electron chi connectivity index (χ3n) is 3.69. The third-order valence-corrected chi connectivity index (χ3v) is 4.24. The monoisotopic (exact) mass is 348 g/mol. The highest BCUT2D eigenvalue weighted by molar-refractivity contribution is 6.37. The number of anilines is 2. The van der Waals surface area contributed by atoms with Gasteiger partial charge in [0.15, 0.2) is 0 Å². The average Bonchev–Trinajstić information content (AvgIpc) is 2.93. The van der Waals surface area contributed by atoms with Crippen LogP contribution in [0.3, 0.4) is 0 Å². The second-order valence-electron chi connectivity index (χ2n) is 5.24. The fourth-order valence-corrected chi connectivity index (χ4v) is 3.08. The number of halogens is 2. The Morgan fingerprint density at radius 2 is 1.91 bits per heavy atom. The highest BCUT2D eigenvalue weighted by Crippen LogP contribution is 2.30. The van der Waals surface area contributed by atoms with Crippen LogP contribution in [0.15, 0.2) is 42.5 Å². The minimum absolute atomic E-state index is 0.0659. The minimum Gasteiger partial charge on any atom is -0.320 e. The molecule has 0 spiro atoms. The van der Waals surface area contributed by atoms with Crippen molar-refractivity contribution < 1.29 is 9.59 Å². The van der Waals surface area contributed by atoms with Gasteiger partial charge in [-0.1, -0.05) is 35.3 Å². The Bertz CT molecular complexity index is 777. The van der Waals surface area contributed by atoms with Crippen LogP contribution in [0, 0.1) is 0 Å². The van der Waals surface area contributed by atoms with E-state index in [0.717, 1.165) is 6.42 Å². The molecule has 2 aromatic carbocycles. The maximum atomic E-state index is 12.5. The second-order valence-corrected chi connectivity index (χ2v) is 6.09. The lowest BCUT2D eigenvalue weighted by Crippen LogP contribution is -2.25. The number of nitrogens with zero attached hydrogens (tertiary/aromatic N) is 1. The zero-order valence-electron chi connectivity index (χ0n) is 12.2. The van der Waals surface area contributed by atoms with Crippen LogP contribution in [0.4, 0.5) is 11.4 Å². The van der Waals surface area contributed by atoms with Crippen LogP contribution >= 0.6 is 23.2 Å². The van der Waals surface area contributed by atoms with Crippen LogP contribution in [0.5, 0.6) is 0 Å². The SMILES string of the molecule is O=C(Nc1ccccc1N1CCCC1=O)c1ccc(Cl)cc1Cl. The largest absolute Gasteiger partial charge is 0.320 e. The number of nitrogens with one attached hydrogen (secondary N) is 1. The first-order valence-corrected chi connectivity index (χ1v) is 7.97. The molecule has 1 saturated heterocycles. The van der Waals surface area contributed by atoms with Crippen LogP contribution < -0.4 is 10.2 Å². The predicted molar refractivity (Wildman–Crippen MR) is 92.4 cm³/mol. The number of benzene rings is 2. The van der Waals surface area contributed by atoms with E-state index < -0.39 is 0 Å². The molecule has 0 atom stereocenters. The topological polar surface area (TPSA) is 49.4 Å². The minimum atomic E-state index is -0.342. The molecule has 1 aliphatic heterocycles. The van der Waals surface area contributed by atoms with Gasteiger partial charge in [-0.2, -0.15) is 0 Å². The maximum absolute atomic E-state index is 12.5. The lowest BCUT2D eigenvalue weighted by atomic mass is 10.2. The lowest BCUT2D eigenvalue weighted by Gasteiger charge is -2.20. The van der Waals surface area contributed by atoms with E-state index in [9.17, 15) is 9.59 Å². The molecule has 23 heavy (non-hydrogen) atoms. The molecule has 3 rings (SSSR count). The van der Waals surface area contributed by atoms with E-state index >= 15 is 0 Å². The maximum Gasteiger partial charge on any atom is 0.257 e. The van der Waals surface area contributed by atoms with Gasteiger partial charge < -0.3 is 10.2 Å². The van der Waals surface area contributed by atoms with Crippen LogP contribution in [0.25, 0.3) is 0 Å². The van der Waals surface area contributed by atoms with Gasteiger partial charge in [0.1, 0.15) is 0 Å². The number of hydrogen-bond acceptors (Lipinski definition) is 2. The summed E-state index contributed by atoms with van der Waals surface area (Å²) in [6.45, 7) is 0.660. The van der Waals surface area contributed by atoms with Crippen LogP contribution in [0.1, 0.15) is 23.2 Å². The van der Waals surface area contributed by atoms with Crippen molar-refractivity contribution in [3.63, 3.8) is 0 Å². The first-order chi connectivity index (χ1) is 11.1. The van der Waals surface area contributed by atoms with E-state index in [-0.39, 0.29) is 16.8 Å². The molecule has 6 heteroatoms. The zero-order chi connectivity index (χ0) is 16.4. The Labute approximate surface area is 144 Å². The molecule has 1 N–H and O–H groups in total. The summed E-state index contributed by atoms with van der Waals surface area (Å²) in [7, 11) is 0. The van der Waals surface area contributed by atoms with Gasteiger partial charge in [0.2, 0.25) is 5.91 Å². The number of carbonyl (C=O) groups excluding carboxylic acids is 2. The number of hydrogen-bond donors (Lipinski definition) is 1. The van der Waals surface area contributed by atoms with Gasteiger partial charge in [0.05, 0.1) is 22.0 Å². The molecular formula is C17H14Cl2N2O2. The fourth-order valence-electron chi connectivity index (χ4n) is 2.58. The molecule has 0 aliphatic carbocycles. The van der Waals surface area contributed by atoms with Gasteiger partial charge in [-0.15, -0.1) is 0 Å². The summed E-state index contributed by atoms with van der Waals surface area (Å²) >= 11 is 11.9. The van der Waals surface area contributed by atoms with E-state index in [1.807, 2.05) is 18.2 Å². The Kier molecular flexibility index (Phi) is 4.55. The third kappa shape index (κ3) is 3.33. The van der Waals surface area contributed by atoms with Crippen LogP contribution in [-0.2, 0) is 4.79 Å². The van der Waals surface area contributed by atoms with Crippen molar-refractivity contribution in [1.82, 2.24) is 0 Å². The fraction of sp³-hybridized carbons (Fsp3) is 0.176. The van der Waals surface area contributed by atoms with Gasteiger partial charge >= 0.3 is 0 Å². The molecule has 4 nitrogen and oxygen atoms in total. The quantitative estimate of drug-likeness (QED) is 0.894. The van der Waals surface area contributed by atoms with E-state index in [4.69, 9.17) is 23.2 Å². The van der Waals surface area contributed by atoms with Gasteiger partial charge in [-0.05, 0) is 36.8 Å². The highest BCUT2D eigenvalue weighted by Gasteiger charge is 2.24. The molecule has 0 bridgehead atoms. The Balaban J connectivity index is 1.88. The van der Waals surface area contributed by atoms with Crippen molar-refractivity contribution in [2.45, 2.75) is 12.8 Å². The summed E-state index contributed by atoms with van der Waals surface area (Å²) in [6, 6.07) is 11.9. The van der Waals surface area contributed by atoms with E-state index in [1.165, 1.54) is 6.07 Å². The van der Waals surface area contributed by atoms with Crippen molar-refractivity contribution in [1.29, 1.82) is 0 Å². The molecule has 0 aromatic heterocycles. The summed E-state index contributed by atoms with van der Waals surface area (Å²) < 4.78 is 0. The van der Waals surface area contributed by atoms with Crippen molar-refractivity contribution >= 4 is 46.4 Å². The predicted octanol–water partition coefficient (Wildman–Crippen LogP) is 4.37. The average molecular weight is 349 g/mol. The van der Waals surface area contributed by atoms with Crippen LogP contribution in [0.2, 0.25) is 10.0 Å². The Morgan fingerprint density at radius 3 is 2.61 bits per heavy atom. The van der Waals surface area contributed by atoms with Crippen LogP contribution in [-0.4, -0.2) is 18.4 Å². The van der Waals surface area contributed by atoms with Gasteiger partial charge in [-0.3, -0.25) is 9.59 Å². The first-order valence-electron chi connectivity index (χ1n) is 7.22. The molecule has 1 fully saturated rings. The highest BCUT2D eigenvalue weighted by atomic mass is 35.5. The summed E-state index contributed by atoms with van der Waals surface area (Å²) in [6.07, 6.45) is 1.36. The van der Waals surface area contributed by atoms with Crippen molar-refractivity contribution in [2.75, 3.05) is 16.8 Å². The molecule has 0 radical (unpaired) electrons. The molecule has 0 unspecified atom stereocenters. The number of amides is 2. The summed E-state index contributed by atoms with van der Waals surface area (Å²) in [5.41, 5.74) is 1.62. The molecule has 118 valence electrons. The van der Waals surface area contributed by atoms with Gasteiger partial charge in [-0.25, -0.2) is 0 Å². The normalized spacial score (nSPS) is 14.2. The Hall–Kier alpha value is -2.04. The number of para-hydroxylation sites is 2. The Morgan fingerprint density at radius 1 is 1.13 bits per heavy atom. The smallest absolute Gasteiger partial charge is 0.257 e. The standard InChI is InChI=1S/C17H14Cl2N2O2/c18-11-7-8-12(13(19)10-11)17(23)20-14-4-1-2-5-15(14)21-9-3-6-16(21)22/h1-2,4-5,7-8,10H,3,6,9H2,(H,20,23). The number of carbonyl (C=O) groups is 2. The lowest BCUT2D eigenvalue weighted by molar-refractivity contribution is -0.117. The summed E-state index contributed by atoms with van der Waals surface area (Å²) in [5, 5.41) is 3.57. The zero-order valence-corrected chi connectivity index (χ0v) is 13.7. The molecule has 0 saturated carbocycles. The van der Waals surface area contributed by atoms with Crippen molar-refractivity contribution in [3.8, 4) is 0 Å².